The van der Waals surface area contributed by atoms with Crippen molar-refractivity contribution < 1.29 is 14.3 Å². The molecule has 5 rings (SSSR count). The summed E-state index contributed by atoms with van der Waals surface area (Å²) in [5, 5.41) is 0. The summed E-state index contributed by atoms with van der Waals surface area (Å²) >= 11 is 1.17. The molecule has 0 N–H and O–H groups in total. The minimum atomic E-state index is -0.728. The number of ether oxygens (including phenoxy) is 1. The minimum Gasteiger partial charge on any atom is -0.459 e. The molecule has 2 aliphatic rings. The normalized spacial score (nSPS) is 18.0. The number of carbonyl (C=O) groups is 2. The van der Waals surface area contributed by atoms with Crippen molar-refractivity contribution in [1.29, 1.82) is 0 Å². The molecule has 0 bridgehead atoms. The van der Waals surface area contributed by atoms with Gasteiger partial charge in [0, 0.05) is 12.1 Å². The van der Waals surface area contributed by atoms with E-state index >= 15 is 0 Å². The number of para-hydroxylation sites is 1. The highest BCUT2D eigenvalue weighted by atomic mass is 32.1. The van der Waals surface area contributed by atoms with E-state index in [-0.39, 0.29) is 17.6 Å². The molecule has 1 atom stereocenters. The molecule has 2 aromatic carbocycles. The van der Waals surface area contributed by atoms with E-state index in [0.29, 0.717) is 38.3 Å². The number of anilines is 1. The fourth-order valence-electron chi connectivity index (χ4n) is 4.78. The van der Waals surface area contributed by atoms with Gasteiger partial charge < -0.3 is 9.64 Å². The van der Waals surface area contributed by atoms with E-state index in [1.165, 1.54) is 15.9 Å². The Labute approximate surface area is 218 Å². The molecule has 7 nitrogen and oxygen atoms in total. The number of rotatable bonds is 5. The number of carbonyl (C=O) groups excluding carboxylic acids is 2. The van der Waals surface area contributed by atoms with Crippen molar-refractivity contribution in [2.75, 3.05) is 11.4 Å². The fourth-order valence-corrected chi connectivity index (χ4v) is 5.92. The van der Waals surface area contributed by atoms with Crippen LogP contribution in [0.2, 0.25) is 0 Å². The maximum atomic E-state index is 14.1. The molecule has 0 saturated carbocycles. The molecule has 0 spiro atoms. The van der Waals surface area contributed by atoms with Crippen LogP contribution in [0.1, 0.15) is 43.5 Å². The fraction of sp³-hybridized carbons (Fsp3) is 0.241. The lowest BCUT2D eigenvalue weighted by molar-refractivity contribution is -0.143. The zero-order valence-electron chi connectivity index (χ0n) is 21.1. The zero-order valence-corrected chi connectivity index (χ0v) is 22.0. The summed E-state index contributed by atoms with van der Waals surface area (Å²) in [6.07, 6.45) is 1.33. The molecule has 188 valence electrons. The van der Waals surface area contributed by atoms with E-state index in [4.69, 9.17) is 4.74 Å². The van der Waals surface area contributed by atoms with Crippen LogP contribution in [0.3, 0.4) is 0 Å². The number of hydrogen-bond acceptors (Lipinski definition) is 6. The van der Waals surface area contributed by atoms with Gasteiger partial charge in [-0.3, -0.25) is 14.2 Å². The average Bonchev–Trinajstić information content (AvgIpc) is 3.31. The third kappa shape index (κ3) is 4.07. The number of allylic oxidation sites excluding steroid dienone is 1. The van der Waals surface area contributed by atoms with Gasteiger partial charge in [-0.2, -0.15) is 0 Å². The Hall–Kier alpha value is -4.04. The largest absolute Gasteiger partial charge is 0.459 e. The number of fused-ring (bicyclic) bond motifs is 2. The predicted octanol–water partition coefficient (Wildman–Crippen LogP) is 3.40. The van der Waals surface area contributed by atoms with Gasteiger partial charge in [0.05, 0.1) is 34.7 Å². The molecular formula is C29H27N3O4S. The standard InChI is InChI=1S/C29H27N3O4S/c1-6-15-31-21-10-8-7-9-20(21)23(26(31)33)25-27(34)32-24(19-13-11-17(4)12-14-19)22(28(35)36-16(2)3)18(5)30-29(32)37-25/h6-14,16,24H,1,15H2,2-5H3/b25-23-/t24-/m1/s1. The van der Waals surface area contributed by atoms with Crippen LogP contribution in [-0.2, 0) is 14.3 Å². The van der Waals surface area contributed by atoms with Crippen LogP contribution in [0.15, 0.2) is 82.2 Å². The molecular weight excluding hydrogens is 486 g/mol. The Bertz CT molecular complexity index is 1660. The first-order chi connectivity index (χ1) is 17.7. The third-order valence-corrected chi connectivity index (χ3v) is 7.47. The lowest BCUT2D eigenvalue weighted by atomic mass is 9.95. The summed E-state index contributed by atoms with van der Waals surface area (Å²) < 4.78 is 7.38. The van der Waals surface area contributed by atoms with Crippen molar-refractivity contribution in [3.05, 3.63) is 109 Å². The molecule has 3 aromatic rings. The number of aromatic nitrogens is 1. The molecule has 1 amide bonds. The van der Waals surface area contributed by atoms with E-state index in [0.717, 1.165) is 16.8 Å². The van der Waals surface area contributed by atoms with E-state index < -0.39 is 12.0 Å². The summed E-state index contributed by atoms with van der Waals surface area (Å²) in [5.74, 6) is -0.771. The lowest BCUT2D eigenvalue weighted by Gasteiger charge is -2.25. The molecule has 1 aromatic heterocycles. The average molecular weight is 514 g/mol. The second-order valence-corrected chi connectivity index (χ2v) is 10.3. The van der Waals surface area contributed by atoms with E-state index in [2.05, 4.69) is 11.6 Å². The summed E-state index contributed by atoms with van der Waals surface area (Å²) in [4.78, 5) is 47.6. The topological polar surface area (TPSA) is 81.0 Å². The van der Waals surface area contributed by atoms with Crippen LogP contribution in [0, 0.1) is 6.92 Å². The molecule has 8 heteroatoms. The second kappa shape index (κ2) is 9.44. The number of thiazole rings is 1. The second-order valence-electron chi connectivity index (χ2n) is 9.36. The molecule has 37 heavy (non-hydrogen) atoms. The molecule has 3 heterocycles. The van der Waals surface area contributed by atoms with E-state index in [1.54, 1.807) is 31.7 Å². The highest BCUT2D eigenvalue weighted by Crippen LogP contribution is 2.35. The van der Waals surface area contributed by atoms with Crippen LogP contribution in [0.25, 0.3) is 5.57 Å². The number of hydrogen-bond donors (Lipinski definition) is 0. The number of amides is 1. The van der Waals surface area contributed by atoms with Gasteiger partial charge in [0.15, 0.2) is 4.80 Å². The van der Waals surface area contributed by atoms with Gasteiger partial charge >= 0.3 is 5.97 Å². The van der Waals surface area contributed by atoms with Crippen molar-refractivity contribution in [2.24, 2.45) is 4.99 Å². The first-order valence-electron chi connectivity index (χ1n) is 12.1. The zero-order chi connectivity index (χ0) is 26.4. The summed E-state index contributed by atoms with van der Waals surface area (Å²) in [7, 11) is 0. The van der Waals surface area contributed by atoms with Gasteiger partial charge in [-0.15, -0.1) is 6.58 Å². The van der Waals surface area contributed by atoms with Crippen molar-refractivity contribution in [1.82, 2.24) is 4.57 Å². The Balaban J connectivity index is 1.80. The minimum absolute atomic E-state index is 0.256. The van der Waals surface area contributed by atoms with Gasteiger partial charge in [-0.1, -0.05) is 65.4 Å². The van der Waals surface area contributed by atoms with Crippen molar-refractivity contribution in [2.45, 2.75) is 39.8 Å². The highest BCUT2D eigenvalue weighted by Gasteiger charge is 2.37. The SMILES string of the molecule is C=CCN1C(=O)/C(=c2\sc3n(c2=O)[C@H](c2ccc(C)cc2)C(C(=O)OC(C)C)=C(C)N=3)c2ccccc21. The Morgan fingerprint density at radius 1 is 1.14 bits per heavy atom. The van der Waals surface area contributed by atoms with Crippen LogP contribution in [-0.4, -0.2) is 29.1 Å². The quantitative estimate of drug-likeness (QED) is 0.387. The number of esters is 1. The summed E-state index contributed by atoms with van der Waals surface area (Å²) in [6.45, 7) is 11.4. The third-order valence-electron chi connectivity index (χ3n) is 6.41. The maximum Gasteiger partial charge on any atom is 0.338 e. The Morgan fingerprint density at radius 3 is 2.51 bits per heavy atom. The van der Waals surface area contributed by atoms with Crippen LogP contribution < -0.4 is 19.8 Å². The number of nitrogens with zero attached hydrogens (tertiary/aromatic N) is 3. The van der Waals surface area contributed by atoms with Crippen LogP contribution in [0.4, 0.5) is 5.69 Å². The van der Waals surface area contributed by atoms with E-state index in [1.807, 2.05) is 55.5 Å². The molecule has 0 aliphatic carbocycles. The van der Waals surface area contributed by atoms with Gasteiger partial charge in [-0.25, -0.2) is 9.79 Å². The summed E-state index contributed by atoms with van der Waals surface area (Å²) in [6, 6.07) is 14.4. The first kappa shape index (κ1) is 24.6. The predicted molar refractivity (Wildman–Crippen MR) is 144 cm³/mol. The van der Waals surface area contributed by atoms with Crippen molar-refractivity contribution >= 4 is 34.5 Å². The Kier molecular flexibility index (Phi) is 6.29. The molecule has 0 fully saturated rings. The van der Waals surface area contributed by atoms with Gasteiger partial charge in [0.25, 0.3) is 11.5 Å². The number of aryl methyl sites for hydroxylation is 1. The molecule has 0 unspecified atom stereocenters. The lowest BCUT2D eigenvalue weighted by Crippen LogP contribution is -2.41. The smallest absolute Gasteiger partial charge is 0.338 e. The van der Waals surface area contributed by atoms with Crippen molar-refractivity contribution in [3.63, 3.8) is 0 Å². The maximum absolute atomic E-state index is 14.1. The molecule has 2 aliphatic heterocycles. The molecule has 0 radical (unpaired) electrons. The van der Waals surface area contributed by atoms with Crippen molar-refractivity contribution in [3.8, 4) is 0 Å². The van der Waals surface area contributed by atoms with Gasteiger partial charge in [0.1, 0.15) is 4.53 Å². The van der Waals surface area contributed by atoms with Crippen LogP contribution >= 0.6 is 11.3 Å². The van der Waals surface area contributed by atoms with Gasteiger partial charge in [-0.05, 0) is 39.3 Å². The van der Waals surface area contributed by atoms with E-state index in [9.17, 15) is 14.4 Å². The van der Waals surface area contributed by atoms with Crippen LogP contribution in [0.5, 0.6) is 0 Å². The molecule has 0 saturated heterocycles. The van der Waals surface area contributed by atoms with Gasteiger partial charge in [0.2, 0.25) is 0 Å². The summed E-state index contributed by atoms with van der Waals surface area (Å²) in [5.41, 5.74) is 4.03. The number of benzene rings is 2. The monoisotopic (exact) mass is 513 g/mol. The Morgan fingerprint density at radius 2 is 1.84 bits per heavy atom. The first-order valence-corrected chi connectivity index (χ1v) is 12.9. The highest BCUT2D eigenvalue weighted by molar-refractivity contribution is 7.07.